The van der Waals surface area contributed by atoms with E-state index in [1.807, 2.05) is 25.1 Å². The van der Waals surface area contributed by atoms with Gasteiger partial charge in [-0.05, 0) is 37.6 Å². The second-order valence-corrected chi connectivity index (χ2v) is 8.35. The Morgan fingerprint density at radius 1 is 1.09 bits per heavy atom. The van der Waals surface area contributed by atoms with Crippen molar-refractivity contribution in [2.75, 3.05) is 27.4 Å². The van der Waals surface area contributed by atoms with Crippen LogP contribution in [0, 0.1) is 6.92 Å². The zero-order valence-electron chi connectivity index (χ0n) is 20.0. The number of carbonyl (C=O) groups is 1. The van der Waals surface area contributed by atoms with E-state index in [0.717, 1.165) is 5.56 Å². The maximum Gasteiger partial charge on any atom is 0.273 e. The summed E-state index contributed by atoms with van der Waals surface area (Å²) in [5.41, 5.74) is 2.33. The van der Waals surface area contributed by atoms with Crippen LogP contribution in [0.15, 0.2) is 41.2 Å². The molecule has 10 heteroatoms. The smallest absolute Gasteiger partial charge is 0.273 e. The predicted octanol–water partition coefficient (Wildman–Crippen LogP) is 2.62. The van der Waals surface area contributed by atoms with Gasteiger partial charge in [0, 0.05) is 23.2 Å². The first-order valence-corrected chi connectivity index (χ1v) is 11.2. The number of methoxy groups -OCH3 is 2. The van der Waals surface area contributed by atoms with Gasteiger partial charge in [0.1, 0.15) is 19.8 Å². The highest BCUT2D eigenvalue weighted by Gasteiger charge is 2.21. The number of nitrogens with zero attached hydrogens (tertiary/aromatic N) is 3. The number of aromatic nitrogens is 3. The van der Waals surface area contributed by atoms with Crippen molar-refractivity contribution < 1.29 is 23.7 Å². The summed E-state index contributed by atoms with van der Waals surface area (Å²) in [6.45, 7) is 4.72. The van der Waals surface area contributed by atoms with E-state index < -0.39 is 0 Å². The van der Waals surface area contributed by atoms with E-state index >= 15 is 0 Å². The summed E-state index contributed by atoms with van der Waals surface area (Å²) in [5.74, 6) is 2.18. The van der Waals surface area contributed by atoms with Crippen LogP contribution in [0.3, 0.4) is 0 Å². The number of carbonyl (C=O) groups excluding carboxylic acids is 1. The van der Waals surface area contributed by atoms with Crippen molar-refractivity contribution in [3.63, 3.8) is 0 Å². The number of aryl methyl sites for hydroxylation is 1. The predicted molar refractivity (Wildman–Crippen MR) is 129 cm³/mol. The van der Waals surface area contributed by atoms with Gasteiger partial charge >= 0.3 is 0 Å². The number of hydrogen-bond acceptors (Lipinski definition) is 7. The molecule has 3 heterocycles. The average molecular weight is 479 g/mol. The minimum absolute atomic E-state index is 0.00420. The maximum absolute atomic E-state index is 13.2. The lowest BCUT2D eigenvalue weighted by atomic mass is 10.1. The summed E-state index contributed by atoms with van der Waals surface area (Å²) in [7, 11) is 3.09. The van der Waals surface area contributed by atoms with Crippen LogP contribution in [0.1, 0.15) is 24.2 Å². The molecule has 1 aliphatic heterocycles. The van der Waals surface area contributed by atoms with Gasteiger partial charge in [-0.15, -0.1) is 0 Å². The van der Waals surface area contributed by atoms with Gasteiger partial charge < -0.3 is 24.3 Å². The summed E-state index contributed by atoms with van der Waals surface area (Å²) in [5, 5.41) is 3.72. The Morgan fingerprint density at radius 2 is 1.80 bits per heavy atom. The average Bonchev–Trinajstić information content (AvgIpc) is 3.14. The molecule has 2 aromatic carbocycles. The third-order valence-electron chi connectivity index (χ3n) is 6.08. The summed E-state index contributed by atoms with van der Waals surface area (Å²) in [4.78, 5) is 29.6. The lowest BCUT2D eigenvalue weighted by Gasteiger charge is -2.21. The third kappa shape index (κ3) is 4.01. The number of hydrogen-bond donors (Lipinski definition) is 1. The van der Waals surface area contributed by atoms with Gasteiger partial charge in [-0.2, -0.15) is 4.98 Å². The number of rotatable bonds is 6. The van der Waals surface area contributed by atoms with Gasteiger partial charge in [-0.25, -0.2) is 4.52 Å². The Labute approximate surface area is 201 Å². The van der Waals surface area contributed by atoms with E-state index in [1.54, 1.807) is 42.5 Å². The van der Waals surface area contributed by atoms with Crippen molar-refractivity contribution in [3.8, 4) is 23.0 Å². The summed E-state index contributed by atoms with van der Waals surface area (Å²) < 4.78 is 25.7. The van der Waals surface area contributed by atoms with E-state index in [4.69, 9.17) is 18.9 Å². The molecule has 182 valence electrons. The Balaban J connectivity index is 1.51. The summed E-state index contributed by atoms with van der Waals surface area (Å²) >= 11 is 0. The quantitative estimate of drug-likeness (QED) is 0.454. The fourth-order valence-corrected chi connectivity index (χ4v) is 4.43. The van der Waals surface area contributed by atoms with Crippen LogP contribution in [0.5, 0.6) is 23.0 Å². The van der Waals surface area contributed by atoms with Crippen LogP contribution in [0.4, 0.5) is 0 Å². The Bertz CT molecular complexity index is 1510. The minimum atomic E-state index is -0.354. The first-order valence-electron chi connectivity index (χ1n) is 11.2. The highest BCUT2D eigenvalue weighted by Crippen LogP contribution is 2.35. The van der Waals surface area contributed by atoms with Crippen LogP contribution < -0.4 is 29.8 Å². The molecule has 1 amide bonds. The Hall–Kier alpha value is -4.21. The normalized spacial score (nSPS) is 13.6. The van der Waals surface area contributed by atoms with Crippen molar-refractivity contribution in [2.45, 2.75) is 26.4 Å². The molecule has 0 saturated heterocycles. The van der Waals surface area contributed by atoms with Gasteiger partial charge in [0.15, 0.2) is 28.6 Å². The first-order chi connectivity index (χ1) is 16.9. The Morgan fingerprint density at radius 3 is 2.54 bits per heavy atom. The highest BCUT2D eigenvalue weighted by atomic mass is 16.6. The summed E-state index contributed by atoms with van der Waals surface area (Å²) in [6, 6.07) is 10.4. The van der Waals surface area contributed by atoms with E-state index in [-0.39, 0.29) is 24.1 Å². The molecule has 0 bridgehead atoms. The van der Waals surface area contributed by atoms with Crippen LogP contribution in [-0.2, 0) is 11.3 Å². The van der Waals surface area contributed by atoms with Gasteiger partial charge in [-0.3, -0.25) is 14.3 Å². The molecule has 0 spiro atoms. The molecule has 0 unspecified atom stereocenters. The van der Waals surface area contributed by atoms with Crippen molar-refractivity contribution >= 4 is 22.5 Å². The zero-order valence-corrected chi connectivity index (χ0v) is 20.0. The van der Waals surface area contributed by atoms with Crippen molar-refractivity contribution in [3.05, 3.63) is 58.0 Å². The number of ether oxygens (including phenoxy) is 4. The van der Waals surface area contributed by atoms with Crippen LogP contribution in [0.25, 0.3) is 16.6 Å². The van der Waals surface area contributed by atoms with Crippen molar-refractivity contribution in [1.82, 2.24) is 19.5 Å². The van der Waals surface area contributed by atoms with E-state index in [1.165, 1.54) is 6.07 Å². The fraction of sp³-hybridized carbons (Fsp3) is 0.320. The van der Waals surface area contributed by atoms with Crippen molar-refractivity contribution in [1.29, 1.82) is 0 Å². The standard InChI is InChI=1S/C25H26N4O6/c1-14-9-23(30)27-25-17-11-20(32-3)21(33-4)12-18(17)28(29(14)25)13-24(31)26-15(2)16-5-6-19-22(10-16)35-8-7-34-19/h5-6,9-12,15H,7-8,13H2,1-4H3,(H,26,31)/t15-/m0/s1. The molecule has 1 N–H and O–H groups in total. The van der Waals surface area contributed by atoms with Gasteiger partial charge in [-0.1, -0.05) is 6.07 Å². The molecule has 0 radical (unpaired) electrons. The van der Waals surface area contributed by atoms with Crippen LogP contribution >= 0.6 is 0 Å². The second kappa shape index (κ2) is 8.86. The molecule has 4 aromatic rings. The molecule has 0 saturated carbocycles. The molecular formula is C25H26N4O6. The summed E-state index contributed by atoms with van der Waals surface area (Å²) in [6.07, 6.45) is 0. The topological polar surface area (TPSA) is 105 Å². The van der Waals surface area contributed by atoms with Gasteiger partial charge in [0.05, 0.1) is 25.8 Å². The number of fused-ring (bicyclic) bond motifs is 4. The van der Waals surface area contributed by atoms with Crippen molar-refractivity contribution in [2.24, 2.45) is 0 Å². The van der Waals surface area contributed by atoms with E-state index in [2.05, 4.69) is 10.3 Å². The van der Waals surface area contributed by atoms with Gasteiger partial charge in [0.2, 0.25) is 5.91 Å². The first kappa shape index (κ1) is 22.6. The number of amides is 1. The van der Waals surface area contributed by atoms with E-state index in [9.17, 15) is 9.59 Å². The zero-order chi connectivity index (χ0) is 24.7. The van der Waals surface area contributed by atoms with Crippen LogP contribution in [-0.4, -0.2) is 47.5 Å². The molecule has 1 atom stereocenters. The van der Waals surface area contributed by atoms with E-state index in [0.29, 0.717) is 58.5 Å². The molecule has 2 aromatic heterocycles. The molecule has 0 fully saturated rings. The third-order valence-corrected chi connectivity index (χ3v) is 6.08. The molecular weight excluding hydrogens is 452 g/mol. The lowest BCUT2D eigenvalue weighted by Crippen LogP contribution is -2.31. The second-order valence-electron chi connectivity index (χ2n) is 8.35. The number of nitrogens with one attached hydrogen (secondary N) is 1. The number of benzene rings is 2. The molecule has 10 nitrogen and oxygen atoms in total. The SMILES string of the molecule is COc1cc2c(cc1OC)n(CC(=O)N[C@@H](C)c1ccc3c(c1)OCCO3)n1c(C)cc(=O)nc21. The minimum Gasteiger partial charge on any atom is -0.493 e. The maximum atomic E-state index is 13.2. The fourth-order valence-electron chi connectivity index (χ4n) is 4.43. The van der Waals surface area contributed by atoms with Crippen LogP contribution in [0.2, 0.25) is 0 Å². The molecule has 5 rings (SSSR count). The highest BCUT2D eigenvalue weighted by molar-refractivity contribution is 5.96. The Kier molecular flexibility index (Phi) is 5.72. The van der Waals surface area contributed by atoms with Gasteiger partial charge in [0.25, 0.3) is 5.56 Å². The lowest BCUT2D eigenvalue weighted by molar-refractivity contribution is -0.122. The largest absolute Gasteiger partial charge is 0.493 e. The molecule has 0 aliphatic carbocycles. The monoisotopic (exact) mass is 478 g/mol. The molecule has 1 aliphatic rings. The molecule has 35 heavy (non-hydrogen) atoms.